The third kappa shape index (κ3) is 2.97. The van der Waals surface area contributed by atoms with Gasteiger partial charge in [-0.2, -0.15) is 0 Å². The molecule has 1 nitrogen and oxygen atoms in total. The fraction of sp³-hybridized carbons (Fsp3) is 0.947. The zero-order chi connectivity index (χ0) is 13.9. The van der Waals surface area contributed by atoms with Crippen molar-refractivity contribution >= 4 is 5.78 Å². The van der Waals surface area contributed by atoms with Crippen molar-refractivity contribution in [1.82, 2.24) is 0 Å². The minimum absolute atomic E-state index is 0.533. The quantitative estimate of drug-likeness (QED) is 0.490. The number of carbonyl (C=O) groups excluding carboxylic acids is 1. The predicted octanol–water partition coefficient (Wildman–Crippen LogP) is 5.38. The van der Waals surface area contributed by atoms with E-state index in [4.69, 9.17) is 0 Å². The number of fused-ring (bicyclic) bond motifs is 5. The summed E-state index contributed by atoms with van der Waals surface area (Å²) in [6, 6.07) is 0. The summed E-state index contributed by atoms with van der Waals surface area (Å²) in [5, 5.41) is 0. The third-order valence-electron chi connectivity index (χ3n) is 6.38. The highest BCUT2D eigenvalue weighted by Crippen LogP contribution is 2.69. The lowest BCUT2D eigenvalue weighted by molar-refractivity contribution is -0.121. The van der Waals surface area contributed by atoms with Gasteiger partial charge in [0.15, 0.2) is 0 Å². The lowest BCUT2D eigenvalue weighted by Gasteiger charge is -2.07. The van der Waals surface area contributed by atoms with Crippen molar-refractivity contribution < 1.29 is 4.79 Å². The van der Waals surface area contributed by atoms with E-state index >= 15 is 0 Å². The Kier molecular flexibility index (Phi) is 4.83. The molecule has 1 heteroatoms. The SMILES string of the molecule is CCCCCCCCCCC(=O)C1C2C3CCC(C3)C12. The molecule has 0 heterocycles. The maximum absolute atomic E-state index is 12.3. The van der Waals surface area contributed by atoms with Gasteiger partial charge in [-0.05, 0) is 49.4 Å². The Morgan fingerprint density at radius 2 is 1.40 bits per heavy atom. The first-order valence-corrected chi connectivity index (χ1v) is 9.35. The first-order valence-electron chi connectivity index (χ1n) is 9.35. The Morgan fingerprint density at radius 1 is 0.850 bits per heavy atom. The first kappa shape index (κ1) is 14.6. The van der Waals surface area contributed by atoms with Crippen LogP contribution in [0.3, 0.4) is 0 Å². The summed E-state index contributed by atoms with van der Waals surface area (Å²) in [6.45, 7) is 2.27. The van der Waals surface area contributed by atoms with E-state index in [1.165, 1.54) is 64.2 Å². The van der Waals surface area contributed by atoms with Crippen LogP contribution in [0.2, 0.25) is 0 Å². The highest BCUT2D eigenvalue weighted by Gasteiger charge is 2.66. The molecule has 0 spiro atoms. The van der Waals surface area contributed by atoms with Crippen LogP contribution in [0.4, 0.5) is 0 Å². The molecule has 0 aliphatic heterocycles. The topological polar surface area (TPSA) is 17.1 Å². The summed E-state index contributed by atoms with van der Waals surface area (Å²) in [7, 11) is 0. The Hall–Kier alpha value is -0.330. The van der Waals surface area contributed by atoms with Crippen molar-refractivity contribution in [2.45, 2.75) is 84.0 Å². The standard InChI is InChI=1S/C19H32O/c1-2-3-4-5-6-7-8-9-10-16(20)19-17-14-11-12-15(13-14)18(17)19/h14-15,17-19H,2-13H2,1H3. The number of Topliss-reactive ketones (excluding diaryl/α,β-unsaturated/α-hetero) is 1. The van der Waals surface area contributed by atoms with Gasteiger partial charge in [-0.1, -0.05) is 51.9 Å². The van der Waals surface area contributed by atoms with Crippen molar-refractivity contribution in [2.24, 2.45) is 29.6 Å². The average Bonchev–Trinajstić information content (AvgIpc) is 2.90. The van der Waals surface area contributed by atoms with Crippen LogP contribution in [0.1, 0.15) is 84.0 Å². The van der Waals surface area contributed by atoms with Crippen molar-refractivity contribution in [3.8, 4) is 0 Å². The second-order valence-corrected chi connectivity index (χ2v) is 7.70. The number of hydrogen-bond donors (Lipinski definition) is 0. The molecule has 0 radical (unpaired) electrons. The molecule has 3 aliphatic carbocycles. The predicted molar refractivity (Wildman–Crippen MR) is 83.5 cm³/mol. The highest BCUT2D eigenvalue weighted by molar-refractivity contribution is 5.84. The lowest BCUT2D eigenvalue weighted by atomic mass is 9.97. The summed E-state index contributed by atoms with van der Waals surface area (Å²) >= 11 is 0. The van der Waals surface area contributed by atoms with Crippen LogP contribution in [0.15, 0.2) is 0 Å². The number of carbonyl (C=O) groups is 1. The molecule has 20 heavy (non-hydrogen) atoms. The maximum atomic E-state index is 12.3. The number of unbranched alkanes of at least 4 members (excludes halogenated alkanes) is 7. The molecular formula is C19H32O. The van der Waals surface area contributed by atoms with Crippen molar-refractivity contribution in [1.29, 1.82) is 0 Å². The molecule has 3 aliphatic rings. The van der Waals surface area contributed by atoms with Crippen LogP contribution in [0.25, 0.3) is 0 Å². The van der Waals surface area contributed by atoms with E-state index in [-0.39, 0.29) is 0 Å². The van der Waals surface area contributed by atoms with Crippen molar-refractivity contribution in [2.75, 3.05) is 0 Å². The lowest BCUT2D eigenvalue weighted by Crippen LogP contribution is -2.09. The monoisotopic (exact) mass is 276 g/mol. The zero-order valence-electron chi connectivity index (χ0n) is 13.3. The first-order chi connectivity index (χ1) is 9.83. The number of rotatable bonds is 10. The molecule has 0 saturated heterocycles. The normalized spacial score (nSPS) is 37.1. The second-order valence-electron chi connectivity index (χ2n) is 7.70. The molecule has 114 valence electrons. The molecular weight excluding hydrogens is 244 g/mol. The zero-order valence-corrected chi connectivity index (χ0v) is 13.3. The van der Waals surface area contributed by atoms with Crippen LogP contribution >= 0.6 is 0 Å². The van der Waals surface area contributed by atoms with Gasteiger partial charge in [-0.25, -0.2) is 0 Å². The molecule has 0 aromatic rings. The van der Waals surface area contributed by atoms with Crippen LogP contribution in [0, 0.1) is 29.6 Å². The van der Waals surface area contributed by atoms with Crippen LogP contribution in [-0.2, 0) is 4.79 Å². The Balaban J connectivity index is 1.23. The van der Waals surface area contributed by atoms with E-state index in [0.717, 1.165) is 36.5 Å². The van der Waals surface area contributed by atoms with Gasteiger partial charge in [0.1, 0.15) is 5.78 Å². The molecule has 4 atom stereocenters. The summed E-state index contributed by atoms with van der Waals surface area (Å²) in [6.07, 6.45) is 16.0. The third-order valence-corrected chi connectivity index (χ3v) is 6.38. The van der Waals surface area contributed by atoms with Gasteiger partial charge < -0.3 is 0 Å². The molecule has 3 fully saturated rings. The maximum Gasteiger partial charge on any atom is 0.136 e. The van der Waals surface area contributed by atoms with E-state index < -0.39 is 0 Å². The van der Waals surface area contributed by atoms with Gasteiger partial charge in [0.25, 0.3) is 0 Å². The Labute approximate surface area is 124 Å². The van der Waals surface area contributed by atoms with Crippen molar-refractivity contribution in [3.05, 3.63) is 0 Å². The second kappa shape index (κ2) is 6.62. The van der Waals surface area contributed by atoms with Gasteiger partial charge in [-0.15, -0.1) is 0 Å². The summed E-state index contributed by atoms with van der Waals surface area (Å²) in [5.41, 5.74) is 0. The van der Waals surface area contributed by atoms with Gasteiger partial charge in [0.05, 0.1) is 0 Å². The molecule has 2 bridgehead atoms. The summed E-state index contributed by atoms with van der Waals surface area (Å²) in [4.78, 5) is 12.3. The largest absolute Gasteiger partial charge is 0.299 e. The Bertz CT molecular complexity index is 319. The molecule has 0 aromatic heterocycles. The fourth-order valence-corrected chi connectivity index (χ4v) is 5.36. The van der Waals surface area contributed by atoms with E-state index in [2.05, 4.69) is 6.92 Å². The van der Waals surface area contributed by atoms with E-state index in [9.17, 15) is 4.79 Å². The van der Waals surface area contributed by atoms with Crippen LogP contribution in [0.5, 0.6) is 0 Å². The molecule has 4 unspecified atom stereocenters. The van der Waals surface area contributed by atoms with Gasteiger partial charge in [-0.3, -0.25) is 4.79 Å². The highest BCUT2D eigenvalue weighted by atomic mass is 16.1. The summed E-state index contributed by atoms with van der Waals surface area (Å²) in [5.74, 6) is 4.80. The number of hydrogen-bond acceptors (Lipinski definition) is 1. The molecule has 3 saturated carbocycles. The fourth-order valence-electron chi connectivity index (χ4n) is 5.36. The molecule has 0 N–H and O–H groups in total. The minimum atomic E-state index is 0.533. The minimum Gasteiger partial charge on any atom is -0.299 e. The van der Waals surface area contributed by atoms with Crippen LogP contribution in [-0.4, -0.2) is 5.78 Å². The van der Waals surface area contributed by atoms with Crippen LogP contribution < -0.4 is 0 Å². The van der Waals surface area contributed by atoms with E-state index in [1.54, 1.807) is 0 Å². The van der Waals surface area contributed by atoms with Gasteiger partial charge in [0.2, 0.25) is 0 Å². The van der Waals surface area contributed by atoms with E-state index in [0.29, 0.717) is 11.7 Å². The molecule has 0 amide bonds. The Morgan fingerprint density at radius 3 is 2.00 bits per heavy atom. The van der Waals surface area contributed by atoms with Gasteiger partial charge in [0, 0.05) is 12.3 Å². The smallest absolute Gasteiger partial charge is 0.136 e. The molecule has 0 aromatic carbocycles. The average molecular weight is 276 g/mol. The van der Waals surface area contributed by atoms with Crippen molar-refractivity contribution in [3.63, 3.8) is 0 Å². The summed E-state index contributed by atoms with van der Waals surface area (Å²) < 4.78 is 0. The van der Waals surface area contributed by atoms with E-state index in [1.807, 2.05) is 0 Å². The molecule has 3 rings (SSSR count). The number of ketones is 1. The van der Waals surface area contributed by atoms with Gasteiger partial charge >= 0.3 is 0 Å².